The van der Waals surface area contributed by atoms with Crippen LogP contribution in [0.4, 0.5) is 4.39 Å². The van der Waals surface area contributed by atoms with Crippen molar-refractivity contribution in [3.8, 4) is 11.1 Å². The number of Topliss-reactive ketones (excluding diaryl/α,β-unsaturated/α-hetero) is 1. The minimum Gasteiger partial charge on any atom is -0.346 e. The lowest BCUT2D eigenvalue weighted by atomic mass is 9.89. The quantitative estimate of drug-likeness (QED) is 0.636. The van der Waals surface area contributed by atoms with Gasteiger partial charge in [-0.2, -0.15) is 0 Å². The molecule has 29 heavy (non-hydrogen) atoms. The number of hydrogen-bond acceptors (Lipinski definition) is 3. The first kappa shape index (κ1) is 20.7. The molecule has 2 aromatic rings. The van der Waals surface area contributed by atoms with Crippen molar-refractivity contribution < 1.29 is 18.8 Å². The van der Waals surface area contributed by atoms with Crippen molar-refractivity contribution in [2.24, 2.45) is 5.92 Å². The van der Waals surface area contributed by atoms with Gasteiger partial charge in [0.15, 0.2) is 5.78 Å². The lowest BCUT2D eigenvalue weighted by Gasteiger charge is -2.31. The fraction of sp³-hybridized carbons (Fsp3) is 0.348. The zero-order valence-corrected chi connectivity index (χ0v) is 16.7. The molecule has 0 saturated carbocycles. The fourth-order valence-corrected chi connectivity index (χ4v) is 3.60. The van der Waals surface area contributed by atoms with Crippen molar-refractivity contribution in [1.82, 2.24) is 10.2 Å². The normalized spacial score (nSPS) is 16.6. The molecule has 6 heteroatoms. The van der Waals surface area contributed by atoms with Crippen LogP contribution in [-0.4, -0.2) is 41.6 Å². The third-order valence-electron chi connectivity index (χ3n) is 5.03. The van der Waals surface area contributed by atoms with Gasteiger partial charge in [-0.05, 0) is 38.3 Å². The van der Waals surface area contributed by atoms with E-state index in [1.54, 1.807) is 26.0 Å². The van der Waals surface area contributed by atoms with E-state index >= 15 is 0 Å². The summed E-state index contributed by atoms with van der Waals surface area (Å²) in [5.74, 6) is -2.39. The molecule has 2 aromatic carbocycles. The summed E-state index contributed by atoms with van der Waals surface area (Å²) in [6, 6.07) is 13.5. The lowest BCUT2D eigenvalue weighted by molar-refractivity contribution is -0.147. The lowest BCUT2D eigenvalue weighted by Crippen LogP contribution is -2.49. The van der Waals surface area contributed by atoms with Crippen LogP contribution in [0.5, 0.6) is 0 Å². The van der Waals surface area contributed by atoms with Gasteiger partial charge in [0.05, 0.1) is 0 Å². The Kier molecular flexibility index (Phi) is 6.42. The van der Waals surface area contributed by atoms with E-state index in [0.717, 1.165) is 5.56 Å². The Balaban J connectivity index is 1.72. The summed E-state index contributed by atoms with van der Waals surface area (Å²) in [6.45, 7) is 4.17. The van der Waals surface area contributed by atoms with Gasteiger partial charge in [-0.15, -0.1) is 0 Å². The topological polar surface area (TPSA) is 66.5 Å². The van der Waals surface area contributed by atoms with Crippen molar-refractivity contribution in [2.45, 2.75) is 32.7 Å². The van der Waals surface area contributed by atoms with Crippen molar-refractivity contribution in [1.29, 1.82) is 0 Å². The predicted octanol–water partition coefficient (Wildman–Crippen LogP) is 3.44. The smallest absolute Gasteiger partial charge is 0.311 e. The van der Waals surface area contributed by atoms with Crippen LogP contribution >= 0.6 is 0 Å². The highest BCUT2D eigenvalue weighted by molar-refractivity contribution is 6.35. The number of rotatable bonds is 4. The molecule has 0 aliphatic carbocycles. The molecule has 1 aliphatic rings. The van der Waals surface area contributed by atoms with Gasteiger partial charge in [0, 0.05) is 36.2 Å². The maximum atomic E-state index is 14.6. The van der Waals surface area contributed by atoms with Crippen LogP contribution in [0, 0.1) is 11.7 Å². The highest BCUT2D eigenvalue weighted by Gasteiger charge is 2.32. The molecular weight excluding hydrogens is 371 g/mol. The molecule has 1 fully saturated rings. The summed E-state index contributed by atoms with van der Waals surface area (Å²) in [7, 11) is 0. The number of likely N-dealkylation sites (tertiary alicyclic amines) is 1. The Morgan fingerprint density at radius 2 is 1.83 bits per heavy atom. The molecule has 5 nitrogen and oxygen atoms in total. The number of nitrogens with one attached hydrogen (secondary N) is 1. The molecule has 1 saturated heterocycles. The Labute approximate surface area is 169 Å². The van der Waals surface area contributed by atoms with Gasteiger partial charge in [-0.3, -0.25) is 14.4 Å². The van der Waals surface area contributed by atoms with Crippen LogP contribution in [0.2, 0.25) is 0 Å². The number of ketones is 1. The van der Waals surface area contributed by atoms with Crippen LogP contribution in [0.1, 0.15) is 37.0 Å². The van der Waals surface area contributed by atoms with E-state index in [0.29, 0.717) is 24.9 Å². The van der Waals surface area contributed by atoms with Gasteiger partial charge in [0.1, 0.15) is 5.82 Å². The largest absolute Gasteiger partial charge is 0.346 e. The van der Waals surface area contributed by atoms with Crippen LogP contribution in [0.15, 0.2) is 48.5 Å². The second kappa shape index (κ2) is 8.99. The summed E-state index contributed by atoms with van der Waals surface area (Å²) in [4.78, 5) is 38.6. The number of nitrogens with zero attached hydrogens (tertiary/aromatic N) is 1. The Hall–Kier alpha value is -3.02. The number of benzene rings is 2. The molecule has 0 unspecified atom stereocenters. The molecule has 152 valence electrons. The third-order valence-corrected chi connectivity index (χ3v) is 5.03. The zero-order valence-electron chi connectivity index (χ0n) is 16.7. The van der Waals surface area contributed by atoms with Gasteiger partial charge in [0.2, 0.25) is 0 Å². The van der Waals surface area contributed by atoms with Gasteiger partial charge in [-0.1, -0.05) is 42.5 Å². The number of carbonyl (C=O) groups excluding carboxylic acids is 3. The second-order valence-corrected chi connectivity index (χ2v) is 7.64. The van der Waals surface area contributed by atoms with Crippen molar-refractivity contribution in [3.05, 3.63) is 59.9 Å². The van der Waals surface area contributed by atoms with Crippen LogP contribution in [-0.2, 0) is 9.59 Å². The van der Waals surface area contributed by atoms with E-state index in [2.05, 4.69) is 5.32 Å². The average Bonchev–Trinajstić information content (AvgIpc) is 2.72. The number of halogens is 1. The SMILES string of the molecule is CC(C)NC(=O)C(=O)N1CCC[C@H](C(=O)c2ccc(-c3ccccc3)c(F)c2)C1. The van der Waals surface area contributed by atoms with Gasteiger partial charge >= 0.3 is 11.8 Å². The summed E-state index contributed by atoms with van der Waals surface area (Å²) in [5, 5.41) is 2.58. The fourth-order valence-electron chi connectivity index (χ4n) is 3.60. The Morgan fingerprint density at radius 1 is 1.10 bits per heavy atom. The van der Waals surface area contributed by atoms with Crippen LogP contribution in [0.25, 0.3) is 11.1 Å². The van der Waals surface area contributed by atoms with Crippen molar-refractivity contribution in [2.75, 3.05) is 13.1 Å². The predicted molar refractivity (Wildman–Crippen MR) is 109 cm³/mol. The minimum atomic E-state index is -0.661. The molecular formula is C23H25FN2O3. The number of hydrogen-bond donors (Lipinski definition) is 1. The number of amides is 2. The summed E-state index contributed by atoms with van der Waals surface area (Å²) in [6.07, 6.45) is 1.23. The molecule has 0 bridgehead atoms. The Morgan fingerprint density at radius 3 is 2.48 bits per heavy atom. The van der Waals surface area contributed by atoms with E-state index in [4.69, 9.17) is 0 Å². The van der Waals surface area contributed by atoms with Crippen LogP contribution in [0.3, 0.4) is 0 Å². The van der Waals surface area contributed by atoms with Crippen molar-refractivity contribution in [3.63, 3.8) is 0 Å². The standard InChI is InChI=1S/C23H25FN2O3/c1-15(2)25-22(28)23(29)26-12-6-9-18(14-26)21(27)17-10-11-19(20(24)13-17)16-7-4-3-5-8-16/h3-5,7-8,10-11,13,15,18H,6,9,12,14H2,1-2H3,(H,25,28)/t18-/m0/s1. The molecule has 1 heterocycles. The van der Waals surface area contributed by atoms with E-state index in [1.807, 2.05) is 30.3 Å². The van der Waals surface area contributed by atoms with Gasteiger partial charge in [0.25, 0.3) is 0 Å². The van der Waals surface area contributed by atoms with E-state index in [9.17, 15) is 18.8 Å². The molecule has 2 amide bonds. The molecule has 1 aliphatic heterocycles. The van der Waals surface area contributed by atoms with Crippen molar-refractivity contribution >= 4 is 17.6 Å². The minimum absolute atomic E-state index is 0.139. The highest BCUT2D eigenvalue weighted by atomic mass is 19.1. The van der Waals surface area contributed by atoms with Crippen LogP contribution < -0.4 is 5.32 Å². The summed E-state index contributed by atoms with van der Waals surface area (Å²) < 4.78 is 14.6. The Bertz CT molecular complexity index is 912. The second-order valence-electron chi connectivity index (χ2n) is 7.64. The molecule has 1 N–H and O–H groups in total. The average molecular weight is 396 g/mol. The monoisotopic (exact) mass is 396 g/mol. The van der Waals surface area contributed by atoms with E-state index < -0.39 is 23.5 Å². The first-order chi connectivity index (χ1) is 13.9. The van der Waals surface area contributed by atoms with E-state index in [-0.39, 0.29) is 23.9 Å². The van der Waals surface area contributed by atoms with Gasteiger partial charge in [-0.25, -0.2) is 4.39 Å². The maximum Gasteiger partial charge on any atom is 0.311 e. The molecule has 3 rings (SSSR count). The van der Waals surface area contributed by atoms with E-state index in [1.165, 1.54) is 11.0 Å². The zero-order chi connectivity index (χ0) is 21.0. The molecule has 0 aromatic heterocycles. The molecule has 0 radical (unpaired) electrons. The first-order valence-electron chi connectivity index (χ1n) is 9.85. The maximum absolute atomic E-state index is 14.6. The number of carbonyl (C=O) groups is 3. The number of piperidine rings is 1. The molecule has 1 atom stereocenters. The van der Waals surface area contributed by atoms with Gasteiger partial charge < -0.3 is 10.2 Å². The first-order valence-corrected chi connectivity index (χ1v) is 9.85. The highest BCUT2D eigenvalue weighted by Crippen LogP contribution is 2.26. The summed E-state index contributed by atoms with van der Waals surface area (Å²) in [5.41, 5.74) is 1.47. The summed E-state index contributed by atoms with van der Waals surface area (Å²) >= 11 is 0. The third kappa shape index (κ3) is 4.88. The molecule has 0 spiro atoms.